The molecule has 0 radical (unpaired) electrons. The number of nitrogens with zero attached hydrogens (tertiary/aromatic N) is 3. The quantitative estimate of drug-likeness (QED) is 0.801. The molecule has 2 heterocycles. The highest BCUT2D eigenvalue weighted by atomic mass is 35.5. The molecule has 1 atom stereocenters. The van der Waals surface area contributed by atoms with Crippen LogP contribution in [0, 0.1) is 0 Å². The average Bonchev–Trinajstić information content (AvgIpc) is 2.88. The number of hydrogen-bond acceptors (Lipinski definition) is 6. The van der Waals surface area contributed by atoms with Gasteiger partial charge in [-0.1, -0.05) is 16.8 Å². The molecule has 0 fully saturated rings. The average molecular weight is 282 g/mol. The lowest BCUT2D eigenvalue weighted by Gasteiger charge is -2.04. The Kier molecular flexibility index (Phi) is 4.11. The van der Waals surface area contributed by atoms with Crippen LogP contribution in [-0.4, -0.2) is 27.7 Å². The Balaban J connectivity index is 2.19. The first-order valence-corrected chi connectivity index (χ1v) is 6.11. The van der Waals surface area contributed by atoms with Gasteiger partial charge in [-0.3, -0.25) is 9.78 Å². The van der Waals surface area contributed by atoms with Crippen LogP contribution in [0.25, 0.3) is 11.5 Å². The minimum absolute atomic E-state index is 0.199. The molecule has 1 unspecified atom stereocenters. The first-order valence-electron chi connectivity index (χ1n) is 5.74. The van der Waals surface area contributed by atoms with E-state index in [1.54, 1.807) is 26.0 Å². The molecular weight excluding hydrogens is 270 g/mol. The minimum Gasteiger partial charge on any atom is -0.465 e. The number of aromatic nitrogens is 3. The van der Waals surface area contributed by atoms with Gasteiger partial charge in [-0.05, 0) is 26.0 Å². The van der Waals surface area contributed by atoms with E-state index in [2.05, 4.69) is 15.1 Å². The Bertz CT molecular complexity index is 568. The number of ether oxygens (including phenoxy) is 1. The maximum absolute atomic E-state index is 11.6. The van der Waals surface area contributed by atoms with E-state index in [1.165, 1.54) is 6.20 Å². The molecule has 0 N–H and O–H groups in total. The zero-order chi connectivity index (χ0) is 13.8. The fourth-order valence-electron chi connectivity index (χ4n) is 1.39. The summed E-state index contributed by atoms with van der Waals surface area (Å²) < 4.78 is 9.93. The molecule has 2 aromatic rings. The van der Waals surface area contributed by atoms with Gasteiger partial charge in [-0.2, -0.15) is 4.98 Å². The van der Waals surface area contributed by atoms with E-state index >= 15 is 0 Å². The molecule has 0 aliphatic rings. The summed E-state index contributed by atoms with van der Waals surface area (Å²) >= 11 is 5.74. The summed E-state index contributed by atoms with van der Waals surface area (Å²) in [5.41, 5.74) is 0.524. The van der Waals surface area contributed by atoms with E-state index in [9.17, 15) is 4.79 Å². The van der Waals surface area contributed by atoms with Crippen molar-refractivity contribution in [3.05, 3.63) is 29.2 Å². The van der Waals surface area contributed by atoms with E-state index in [1.807, 2.05) is 0 Å². The summed E-state index contributed by atoms with van der Waals surface area (Å²) in [6, 6.07) is 3.35. The Morgan fingerprint density at radius 1 is 1.53 bits per heavy atom. The van der Waals surface area contributed by atoms with Crippen molar-refractivity contribution in [1.82, 2.24) is 15.1 Å². The molecule has 0 aromatic carbocycles. The van der Waals surface area contributed by atoms with Crippen LogP contribution < -0.4 is 0 Å². The first-order chi connectivity index (χ1) is 9.11. The summed E-state index contributed by atoms with van der Waals surface area (Å²) in [7, 11) is 0. The van der Waals surface area contributed by atoms with Crippen molar-refractivity contribution in [1.29, 1.82) is 0 Å². The van der Waals surface area contributed by atoms with Crippen LogP contribution >= 0.6 is 11.6 Å². The van der Waals surface area contributed by atoms with Crippen molar-refractivity contribution >= 4 is 17.6 Å². The van der Waals surface area contributed by atoms with Gasteiger partial charge < -0.3 is 9.26 Å². The van der Waals surface area contributed by atoms with Crippen molar-refractivity contribution in [2.24, 2.45) is 0 Å². The van der Waals surface area contributed by atoms with Crippen LogP contribution in [0.2, 0.25) is 5.02 Å². The molecule has 2 aromatic heterocycles. The molecule has 0 saturated heterocycles. The number of rotatable bonds is 4. The predicted octanol–water partition coefficient (Wildman–Crippen LogP) is 2.45. The summed E-state index contributed by atoms with van der Waals surface area (Å²) in [5.74, 6) is -0.497. The van der Waals surface area contributed by atoms with Gasteiger partial charge in [0.05, 0.1) is 11.6 Å². The lowest BCUT2D eigenvalue weighted by Crippen LogP contribution is -2.13. The molecule has 0 amide bonds. The summed E-state index contributed by atoms with van der Waals surface area (Å²) in [6.07, 6.45) is 1.49. The van der Waals surface area contributed by atoms with Crippen LogP contribution in [0.4, 0.5) is 0 Å². The Morgan fingerprint density at radius 3 is 2.95 bits per heavy atom. The van der Waals surface area contributed by atoms with E-state index < -0.39 is 11.9 Å². The second-order valence-electron chi connectivity index (χ2n) is 3.79. The third kappa shape index (κ3) is 3.08. The fourth-order valence-corrected chi connectivity index (χ4v) is 1.50. The molecule has 0 aliphatic heterocycles. The number of hydrogen-bond donors (Lipinski definition) is 0. The van der Waals surface area contributed by atoms with Gasteiger partial charge in [0, 0.05) is 6.20 Å². The maximum Gasteiger partial charge on any atom is 0.318 e. The largest absolute Gasteiger partial charge is 0.465 e. The Hall–Kier alpha value is -1.95. The van der Waals surface area contributed by atoms with E-state index in [4.69, 9.17) is 20.9 Å². The first kappa shape index (κ1) is 13.5. The molecule has 0 aliphatic carbocycles. The minimum atomic E-state index is -0.603. The highest BCUT2D eigenvalue weighted by Gasteiger charge is 2.23. The van der Waals surface area contributed by atoms with Gasteiger partial charge in [-0.15, -0.1) is 0 Å². The standard InChI is InChI=1S/C12H12ClN3O3/c1-3-18-12(17)7(2)11-15-10(16-19-11)9-5-4-8(13)6-14-9/h4-7H,3H2,1-2H3. The van der Waals surface area contributed by atoms with Crippen molar-refractivity contribution in [3.8, 4) is 11.5 Å². The molecule has 2 rings (SSSR count). The molecule has 0 spiro atoms. The van der Waals surface area contributed by atoms with E-state index in [0.29, 0.717) is 23.1 Å². The van der Waals surface area contributed by atoms with Crippen LogP contribution in [0.15, 0.2) is 22.9 Å². The second kappa shape index (κ2) is 5.79. The number of halogens is 1. The SMILES string of the molecule is CCOC(=O)C(C)c1nc(-c2ccc(Cl)cn2)no1. The summed E-state index contributed by atoms with van der Waals surface area (Å²) in [4.78, 5) is 19.7. The molecule has 19 heavy (non-hydrogen) atoms. The summed E-state index contributed by atoms with van der Waals surface area (Å²) in [5, 5.41) is 4.30. The van der Waals surface area contributed by atoms with Gasteiger partial charge in [0.2, 0.25) is 11.7 Å². The highest BCUT2D eigenvalue weighted by molar-refractivity contribution is 6.30. The Labute approximate surface area is 114 Å². The zero-order valence-corrected chi connectivity index (χ0v) is 11.2. The van der Waals surface area contributed by atoms with Crippen LogP contribution in [-0.2, 0) is 9.53 Å². The second-order valence-corrected chi connectivity index (χ2v) is 4.23. The molecule has 0 bridgehead atoms. The third-order valence-electron chi connectivity index (χ3n) is 2.41. The van der Waals surface area contributed by atoms with Crippen LogP contribution in [0.1, 0.15) is 25.7 Å². The van der Waals surface area contributed by atoms with Gasteiger partial charge >= 0.3 is 5.97 Å². The lowest BCUT2D eigenvalue weighted by atomic mass is 10.2. The smallest absolute Gasteiger partial charge is 0.318 e. The van der Waals surface area contributed by atoms with Gasteiger partial charge in [0.1, 0.15) is 11.6 Å². The highest BCUT2D eigenvalue weighted by Crippen LogP contribution is 2.20. The number of pyridine rings is 1. The predicted molar refractivity (Wildman–Crippen MR) is 67.6 cm³/mol. The van der Waals surface area contributed by atoms with Crippen molar-refractivity contribution in [3.63, 3.8) is 0 Å². The van der Waals surface area contributed by atoms with Crippen LogP contribution in [0.3, 0.4) is 0 Å². The third-order valence-corrected chi connectivity index (χ3v) is 2.63. The van der Waals surface area contributed by atoms with Gasteiger partial charge in [-0.25, -0.2) is 0 Å². The molecule has 7 heteroatoms. The molecule has 6 nitrogen and oxygen atoms in total. The lowest BCUT2D eigenvalue weighted by molar-refractivity contribution is -0.145. The zero-order valence-electron chi connectivity index (χ0n) is 10.5. The van der Waals surface area contributed by atoms with Crippen molar-refractivity contribution in [2.75, 3.05) is 6.61 Å². The number of carbonyl (C=O) groups is 1. The van der Waals surface area contributed by atoms with Gasteiger partial charge in [0.25, 0.3) is 0 Å². The molecular formula is C12H12ClN3O3. The number of esters is 1. The summed E-state index contributed by atoms with van der Waals surface area (Å²) in [6.45, 7) is 3.69. The van der Waals surface area contributed by atoms with Gasteiger partial charge in [0.15, 0.2) is 0 Å². The van der Waals surface area contributed by atoms with Crippen LogP contribution in [0.5, 0.6) is 0 Å². The fraction of sp³-hybridized carbons (Fsp3) is 0.333. The number of carbonyl (C=O) groups excluding carboxylic acids is 1. The van der Waals surface area contributed by atoms with Crippen molar-refractivity contribution < 1.29 is 14.1 Å². The molecule has 0 saturated carbocycles. The molecule has 100 valence electrons. The van der Waals surface area contributed by atoms with E-state index in [-0.39, 0.29) is 5.89 Å². The van der Waals surface area contributed by atoms with Crippen molar-refractivity contribution in [2.45, 2.75) is 19.8 Å². The maximum atomic E-state index is 11.6. The topological polar surface area (TPSA) is 78.1 Å². The Morgan fingerprint density at radius 2 is 2.32 bits per heavy atom. The van der Waals surface area contributed by atoms with E-state index in [0.717, 1.165) is 0 Å². The normalized spacial score (nSPS) is 12.2. The monoisotopic (exact) mass is 281 g/mol.